The number of hydrogen-bond donors (Lipinski definition) is 0. The van der Waals surface area contributed by atoms with Crippen LogP contribution in [0.1, 0.15) is 29.5 Å². The van der Waals surface area contributed by atoms with Crippen LogP contribution in [-0.2, 0) is 17.0 Å². The summed E-state index contributed by atoms with van der Waals surface area (Å²) in [7, 11) is 1.31. The highest BCUT2D eigenvalue weighted by molar-refractivity contribution is 7.98. The number of ether oxygens (including phenoxy) is 1. The van der Waals surface area contributed by atoms with Crippen molar-refractivity contribution in [3.05, 3.63) is 58.3 Å². The lowest BCUT2D eigenvalue weighted by molar-refractivity contribution is 0.0564. The second-order valence-corrected chi connectivity index (χ2v) is 6.37. The van der Waals surface area contributed by atoms with Gasteiger partial charge < -0.3 is 9.15 Å². The van der Waals surface area contributed by atoms with Gasteiger partial charge in [-0.3, -0.25) is 9.36 Å². The Kier molecular flexibility index (Phi) is 5.23. The quantitative estimate of drug-likeness (QED) is 0.381. The third kappa shape index (κ3) is 3.46. The van der Waals surface area contributed by atoms with Gasteiger partial charge in [-0.05, 0) is 24.6 Å². The SMILES string of the molecule is CCCn1c(SCc2ccoc2C(=O)OC)nc2ccccc2c1=O. The maximum Gasteiger partial charge on any atom is 0.374 e. The minimum atomic E-state index is -0.516. The van der Waals surface area contributed by atoms with Crippen molar-refractivity contribution >= 4 is 28.6 Å². The van der Waals surface area contributed by atoms with Gasteiger partial charge in [0.05, 0.1) is 24.3 Å². The van der Waals surface area contributed by atoms with Gasteiger partial charge in [0.2, 0.25) is 5.76 Å². The van der Waals surface area contributed by atoms with Crippen LogP contribution in [0.5, 0.6) is 0 Å². The van der Waals surface area contributed by atoms with E-state index in [9.17, 15) is 9.59 Å². The largest absolute Gasteiger partial charge is 0.463 e. The summed E-state index contributed by atoms with van der Waals surface area (Å²) >= 11 is 1.40. The molecule has 0 aliphatic carbocycles. The lowest BCUT2D eigenvalue weighted by atomic mass is 10.2. The van der Waals surface area contributed by atoms with Crippen LogP contribution in [0.25, 0.3) is 10.9 Å². The first-order valence-electron chi connectivity index (χ1n) is 7.92. The van der Waals surface area contributed by atoms with Crippen LogP contribution in [0, 0.1) is 0 Å². The van der Waals surface area contributed by atoms with Crippen molar-refractivity contribution < 1.29 is 13.9 Å². The Bertz CT molecular complexity index is 961. The fourth-order valence-electron chi connectivity index (χ4n) is 2.54. The monoisotopic (exact) mass is 358 g/mol. The fourth-order valence-corrected chi connectivity index (χ4v) is 3.55. The highest BCUT2D eigenvalue weighted by Crippen LogP contribution is 2.25. The summed E-state index contributed by atoms with van der Waals surface area (Å²) in [5.74, 6) is 0.119. The Morgan fingerprint density at radius 3 is 2.88 bits per heavy atom. The van der Waals surface area contributed by atoms with Crippen LogP contribution < -0.4 is 5.56 Å². The van der Waals surface area contributed by atoms with Gasteiger partial charge in [0.1, 0.15) is 0 Å². The summed E-state index contributed by atoms with van der Waals surface area (Å²) in [6.45, 7) is 2.61. The third-order valence-corrected chi connectivity index (χ3v) is 4.77. The van der Waals surface area contributed by atoms with Gasteiger partial charge in [-0.25, -0.2) is 9.78 Å². The maximum absolute atomic E-state index is 12.7. The molecule has 2 aromatic heterocycles. The number of rotatable bonds is 6. The molecular weight excluding hydrogens is 340 g/mol. The molecule has 0 radical (unpaired) electrons. The predicted octanol–water partition coefficient (Wildman–Crippen LogP) is 3.48. The van der Waals surface area contributed by atoms with E-state index in [1.165, 1.54) is 25.1 Å². The highest BCUT2D eigenvalue weighted by Gasteiger charge is 2.17. The lowest BCUT2D eigenvalue weighted by Crippen LogP contribution is -2.23. The Morgan fingerprint density at radius 2 is 2.12 bits per heavy atom. The number of para-hydroxylation sites is 1. The molecule has 0 fully saturated rings. The summed E-state index contributed by atoms with van der Waals surface area (Å²) in [6, 6.07) is 9.04. The second kappa shape index (κ2) is 7.57. The zero-order chi connectivity index (χ0) is 17.8. The van der Waals surface area contributed by atoms with Gasteiger partial charge in [0.25, 0.3) is 5.56 Å². The molecule has 3 aromatic rings. The van der Waals surface area contributed by atoms with Gasteiger partial charge in [-0.1, -0.05) is 30.8 Å². The smallest absolute Gasteiger partial charge is 0.374 e. The molecule has 1 aromatic carbocycles. The molecule has 0 spiro atoms. The average Bonchev–Trinajstić information content (AvgIpc) is 3.10. The number of fused-ring (bicyclic) bond motifs is 1. The number of methoxy groups -OCH3 is 1. The van der Waals surface area contributed by atoms with E-state index in [0.717, 1.165) is 6.42 Å². The molecule has 0 N–H and O–H groups in total. The molecular formula is C18H18N2O4S. The van der Waals surface area contributed by atoms with E-state index in [1.54, 1.807) is 16.7 Å². The Balaban J connectivity index is 1.96. The van der Waals surface area contributed by atoms with E-state index >= 15 is 0 Å². The minimum absolute atomic E-state index is 0.0460. The molecule has 7 heteroatoms. The predicted molar refractivity (Wildman–Crippen MR) is 95.9 cm³/mol. The van der Waals surface area contributed by atoms with Crippen LogP contribution in [-0.4, -0.2) is 22.6 Å². The molecule has 25 heavy (non-hydrogen) atoms. The van der Waals surface area contributed by atoms with Crippen LogP contribution >= 0.6 is 11.8 Å². The molecule has 2 heterocycles. The summed E-state index contributed by atoms with van der Waals surface area (Å²) in [5.41, 5.74) is 1.33. The van der Waals surface area contributed by atoms with Crippen LogP contribution in [0.15, 0.2) is 51.0 Å². The van der Waals surface area contributed by atoms with Crippen molar-refractivity contribution in [3.63, 3.8) is 0 Å². The molecule has 0 saturated carbocycles. The number of carbonyl (C=O) groups excluding carboxylic acids is 1. The van der Waals surface area contributed by atoms with Gasteiger partial charge in [-0.2, -0.15) is 0 Å². The van der Waals surface area contributed by atoms with Crippen molar-refractivity contribution in [1.82, 2.24) is 9.55 Å². The van der Waals surface area contributed by atoms with Crippen molar-refractivity contribution in [3.8, 4) is 0 Å². The van der Waals surface area contributed by atoms with Crippen molar-refractivity contribution in [2.24, 2.45) is 0 Å². The first-order valence-corrected chi connectivity index (χ1v) is 8.91. The molecule has 0 bridgehead atoms. The zero-order valence-corrected chi connectivity index (χ0v) is 14.8. The highest BCUT2D eigenvalue weighted by atomic mass is 32.2. The summed E-state index contributed by atoms with van der Waals surface area (Å²) in [5, 5.41) is 1.24. The van der Waals surface area contributed by atoms with E-state index in [2.05, 4.69) is 4.98 Å². The number of nitrogens with zero attached hydrogens (tertiary/aromatic N) is 2. The van der Waals surface area contributed by atoms with Gasteiger partial charge in [0, 0.05) is 17.9 Å². The zero-order valence-electron chi connectivity index (χ0n) is 14.0. The Labute approximate surface area is 148 Å². The first kappa shape index (κ1) is 17.3. The summed E-state index contributed by atoms with van der Waals surface area (Å²) < 4.78 is 11.6. The van der Waals surface area contributed by atoms with Crippen LogP contribution in [0.2, 0.25) is 0 Å². The number of benzene rings is 1. The molecule has 130 valence electrons. The molecule has 0 atom stereocenters. The van der Waals surface area contributed by atoms with Gasteiger partial charge in [0.15, 0.2) is 5.16 Å². The molecule has 0 amide bonds. The van der Waals surface area contributed by atoms with E-state index < -0.39 is 5.97 Å². The van der Waals surface area contributed by atoms with E-state index in [0.29, 0.717) is 33.9 Å². The van der Waals surface area contributed by atoms with Crippen molar-refractivity contribution in [1.29, 1.82) is 0 Å². The minimum Gasteiger partial charge on any atom is -0.463 e. The number of carbonyl (C=O) groups is 1. The Hall–Kier alpha value is -2.54. The topological polar surface area (TPSA) is 74.3 Å². The summed E-state index contributed by atoms with van der Waals surface area (Å²) in [6.07, 6.45) is 2.28. The number of furan rings is 1. The molecule has 0 unspecified atom stereocenters. The molecule has 3 rings (SSSR count). The van der Waals surface area contributed by atoms with E-state index in [4.69, 9.17) is 9.15 Å². The molecule has 6 nitrogen and oxygen atoms in total. The number of thioether (sulfide) groups is 1. The van der Waals surface area contributed by atoms with Crippen LogP contribution in [0.3, 0.4) is 0 Å². The summed E-state index contributed by atoms with van der Waals surface area (Å²) in [4.78, 5) is 29.1. The van der Waals surface area contributed by atoms with Crippen LogP contribution in [0.4, 0.5) is 0 Å². The standard InChI is InChI=1S/C18H18N2O4S/c1-3-9-20-16(21)13-6-4-5-7-14(13)19-18(20)25-11-12-8-10-24-15(12)17(22)23-2/h4-8,10H,3,9,11H2,1-2H3. The molecule has 0 aliphatic heterocycles. The second-order valence-electron chi connectivity index (χ2n) is 5.42. The third-order valence-electron chi connectivity index (χ3n) is 3.75. The lowest BCUT2D eigenvalue weighted by Gasteiger charge is -2.12. The van der Waals surface area contributed by atoms with Gasteiger partial charge >= 0.3 is 5.97 Å². The van der Waals surface area contributed by atoms with Crippen molar-refractivity contribution in [2.45, 2.75) is 30.8 Å². The fraction of sp³-hybridized carbons (Fsp3) is 0.278. The van der Waals surface area contributed by atoms with E-state index in [-0.39, 0.29) is 11.3 Å². The van der Waals surface area contributed by atoms with Crippen molar-refractivity contribution in [2.75, 3.05) is 7.11 Å². The average molecular weight is 358 g/mol. The number of aromatic nitrogens is 2. The first-order chi connectivity index (χ1) is 12.2. The van der Waals surface area contributed by atoms with E-state index in [1.807, 2.05) is 25.1 Å². The molecule has 0 saturated heterocycles. The van der Waals surface area contributed by atoms with Gasteiger partial charge in [-0.15, -0.1) is 0 Å². The number of hydrogen-bond acceptors (Lipinski definition) is 6. The normalized spacial score (nSPS) is 11.0. The molecule has 0 aliphatic rings. The maximum atomic E-state index is 12.7. The number of esters is 1. The Morgan fingerprint density at radius 1 is 1.32 bits per heavy atom.